The van der Waals surface area contributed by atoms with Crippen LogP contribution in [-0.4, -0.2) is 115 Å². The maximum absolute atomic E-state index is 14.1. The number of ether oxygens (including phenoxy) is 3. The topological polar surface area (TPSA) is 104 Å². The van der Waals surface area contributed by atoms with E-state index < -0.39 is 12.2 Å². The largest absolute Gasteiger partial charge is 0.486 e. The van der Waals surface area contributed by atoms with Crippen molar-refractivity contribution in [2.45, 2.75) is 82.9 Å². The number of para-hydroxylation sites is 1. The van der Waals surface area contributed by atoms with E-state index in [0.29, 0.717) is 70.6 Å². The maximum Gasteiger partial charge on any atom is 0.410 e. The summed E-state index contributed by atoms with van der Waals surface area (Å²) in [6.07, 6.45) is 7.30. The molecule has 2 aromatic rings. The quantitative estimate of drug-likeness (QED) is 0.473. The van der Waals surface area contributed by atoms with Gasteiger partial charge in [-0.15, -0.1) is 0 Å². The molecule has 2 aromatic carbocycles. The first-order chi connectivity index (χ1) is 23.4. The Kier molecular flexibility index (Phi) is 9.93. The number of fused-ring (bicyclic) bond motifs is 2. The summed E-state index contributed by atoms with van der Waals surface area (Å²) in [5, 5.41) is 3.06. The van der Waals surface area contributed by atoms with E-state index in [-0.39, 0.29) is 24.4 Å². The van der Waals surface area contributed by atoms with Crippen LogP contribution in [0.5, 0.6) is 11.5 Å². The minimum atomic E-state index is -0.951. The zero-order valence-corrected chi connectivity index (χ0v) is 28.2. The Bertz CT molecular complexity index is 1480. The summed E-state index contributed by atoms with van der Waals surface area (Å²) in [6, 6.07) is 12.4. The van der Waals surface area contributed by atoms with Crippen LogP contribution in [0, 0.1) is 6.92 Å². The lowest BCUT2D eigenvalue weighted by Gasteiger charge is -2.41. The Morgan fingerprint density at radius 1 is 0.875 bits per heavy atom. The normalized spacial score (nSPS) is 21.6. The molecule has 11 nitrogen and oxygen atoms in total. The fraction of sp³-hybridized carbons (Fsp3) is 0.595. The van der Waals surface area contributed by atoms with Gasteiger partial charge in [-0.2, -0.15) is 0 Å². The number of piperazine rings is 1. The van der Waals surface area contributed by atoms with Crippen molar-refractivity contribution in [3.63, 3.8) is 0 Å². The number of nitrogens with zero attached hydrogens (tertiary/aromatic N) is 4. The number of hydrogen-bond acceptors (Lipinski definition) is 7. The van der Waals surface area contributed by atoms with Crippen molar-refractivity contribution in [2.75, 3.05) is 64.3 Å². The molecule has 0 spiro atoms. The van der Waals surface area contributed by atoms with Crippen molar-refractivity contribution in [3.8, 4) is 11.5 Å². The van der Waals surface area contributed by atoms with Gasteiger partial charge in [-0.05, 0) is 67.9 Å². The van der Waals surface area contributed by atoms with Gasteiger partial charge in [0.2, 0.25) is 0 Å². The molecule has 7 rings (SSSR count). The molecule has 258 valence electrons. The summed E-state index contributed by atoms with van der Waals surface area (Å²) >= 11 is 0. The van der Waals surface area contributed by atoms with Gasteiger partial charge in [0.25, 0.3) is 5.91 Å². The molecule has 3 fully saturated rings. The molecule has 11 heteroatoms. The van der Waals surface area contributed by atoms with Crippen LogP contribution < -0.4 is 14.8 Å². The average molecular weight is 660 g/mol. The summed E-state index contributed by atoms with van der Waals surface area (Å²) < 4.78 is 17.8. The first kappa shape index (κ1) is 32.6. The molecule has 0 bridgehead atoms. The SMILES string of the molecule is Cc1cc(C[C@@H](OC(=O)N2CCC(N3CCc4ccccc4NC3=O)CC2)C(=O)N2CCN(C3CCCCC3)CC2)cc2c1OCCO2. The van der Waals surface area contributed by atoms with Crippen molar-refractivity contribution in [3.05, 3.63) is 53.1 Å². The first-order valence-corrected chi connectivity index (χ1v) is 18.0. The van der Waals surface area contributed by atoms with Crippen molar-refractivity contribution in [1.29, 1.82) is 0 Å². The molecule has 1 aliphatic carbocycles. The Morgan fingerprint density at radius 2 is 1.62 bits per heavy atom. The van der Waals surface area contributed by atoms with Crippen LogP contribution >= 0.6 is 0 Å². The monoisotopic (exact) mass is 659 g/mol. The highest BCUT2D eigenvalue weighted by Gasteiger charge is 2.36. The molecule has 1 saturated carbocycles. The maximum atomic E-state index is 14.1. The Labute approximate surface area is 283 Å². The van der Waals surface area contributed by atoms with Crippen LogP contribution in [-0.2, 0) is 22.4 Å². The average Bonchev–Trinajstić information content (AvgIpc) is 3.29. The number of aryl methyl sites for hydroxylation is 1. The molecule has 1 atom stereocenters. The summed E-state index contributed by atoms with van der Waals surface area (Å²) in [5.74, 6) is 1.25. The molecule has 48 heavy (non-hydrogen) atoms. The van der Waals surface area contributed by atoms with E-state index in [4.69, 9.17) is 14.2 Å². The highest BCUT2D eigenvalue weighted by atomic mass is 16.6. The number of urea groups is 1. The minimum Gasteiger partial charge on any atom is -0.486 e. The summed E-state index contributed by atoms with van der Waals surface area (Å²) in [6.45, 7) is 7.48. The number of piperidine rings is 1. The fourth-order valence-electron chi connectivity index (χ4n) is 8.16. The predicted octanol–water partition coefficient (Wildman–Crippen LogP) is 4.85. The van der Waals surface area contributed by atoms with Gasteiger partial charge in [0.1, 0.15) is 13.2 Å². The van der Waals surface area contributed by atoms with Gasteiger partial charge in [-0.25, -0.2) is 9.59 Å². The number of likely N-dealkylation sites (tertiary alicyclic amines) is 1. The third kappa shape index (κ3) is 7.21. The highest BCUT2D eigenvalue weighted by Crippen LogP contribution is 2.35. The third-order valence-electron chi connectivity index (χ3n) is 10.8. The molecular weight excluding hydrogens is 610 g/mol. The second-order valence-corrected chi connectivity index (χ2v) is 13.9. The Hall–Kier alpha value is -3.99. The molecule has 4 heterocycles. The van der Waals surface area contributed by atoms with E-state index in [0.717, 1.165) is 47.6 Å². The highest BCUT2D eigenvalue weighted by molar-refractivity contribution is 5.91. The van der Waals surface area contributed by atoms with Gasteiger partial charge >= 0.3 is 12.1 Å². The van der Waals surface area contributed by atoms with Gasteiger partial charge in [0.15, 0.2) is 17.6 Å². The Morgan fingerprint density at radius 3 is 2.42 bits per heavy atom. The molecule has 2 saturated heterocycles. The molecule has 5 aliphatic rings. The number of anilines is 1. The lowest BCUT2D eigenvalue weighted by Crippen LogP contribution is -2.55. The van der Waals surface area contributed by atoms with Crippen LogP contribution in [0.25, 0.3) is 0 Å². The number of nitrogens with one attached hydrogen (secondary N) is 1. The minimum absolute atomic E-state index is 0.0296. The standard InChI is InChI=1S/C37H49N5O6/c1-26-23-27(24-32-34(26)47-22-21-46-32)25-33(35(43)40-19-17-39(18-20-40)29-8-3-2-4-9-29)48-37(45)41-14-12-30(13-15-41)42-16-11-28-7-5-6-10-31(28)38-36(42)44/h5-7,10,23-24,29-30,33H,2-4,8-9,11-22,25H2,1H3,(H,38,44)/t33-/m1/s1. The van der Waals surface area contributed by atoms with Crippen molar-refractivity contribution < 1.29 is 28.6 Å². The van der Waals surface area contributed by atoms with Crippen molar-refractivity contribution in [1.82, 2.24) is 19.6 Å². The number of carbonyl (C=O) groups excluding carboxylic acids is 3. The molecular formula is C37H49N5O6. The number of benzene rings is 2. The second kappa shape index (κ2) is 14.6. The molecule has 0 radical (unpaired) electrons. The van der Waals surface area contributed by atoms with Crippen molar-refractivity contribution >= 4 is 23.7 Å². The van der Waals surface area contributed by atoms with E-state index in [1.807, 2.05) is 47.1 Å². The molecule has 4 aliphatic heterocycles. The smallest absolute Gasteiger partial charge is 0.410 e. The van der Waals surface area contributed by atoms with Crippen LogP contribution in [0.1, 0.15) is 61.6 Å². The van der Waals surface area contributed by atoms with Crippen LogP contribution in [0.4, 0.5) is 15.3 Å². The van der Waals surface area contributed by atoms with Gasteiger partial charge in [0.05, 0.1) is 0 Å². The number of rotatable bonds is 6. The van der Waals surface area contributed by atoms with E-state index in [2.05, 4.69) is 16.3 Å². The fourth-order valence-corrected chi connectivity index (χ4v) is 8.16. The molecule has 0 aromatic heterocycles. The number of carbonyl (C=O) groups is 3. The second-order valence-electron chi connectivity index (χ2n) is 13.9. The molecule has 1 N–H and O–H groups in total. The van der Waals surface area contributed by atoms with Crippen LogP contribution in [0.3, 0.4) is 0 Å². The zero-order valence-electron chi connectivity index (χ0n) is 28.2. The van der Waals surface area contributed by atoms with Gasteiger partial charge in [-0.1, -0.05) is 43.5 Å². The lowest BCUT2D eigenvalue weighted by atomic mass is 9.94. The number of hydrogen-bond donors (Lipinski definition) is 1. The molecule has 4 amide bonds. The first-order valence-electron chi connectivity index (χ1n) is 18.0. The van der Waals surface area contributed by atoms with Gasteiger partial charge < -0.3 is 34.2 Å². The zero-order chi connectivity index (χ0) is 33.0. The molecule has 0 unspecified atom stereocenters. The van der Waals surface area contributed by atoms with E-state index in [1.54, 1.807) is 4.90 Å². The van der Waals surface area contributed by atoms with E-state index in [1.165, 1.54) is 32.1 Å². The van der Waals surface area contributed by atoms with Crippen LogP contribution in [0.2, 0.25) is 0 Å². The summed E-state index contributed by atoms with van der Waals surface area (Å²) in [7, 11) is 0. The third-order valence-corrected chi connectivity index (χ3v) is 10.8. The van der Waals surface area contributed by atoms with Crippen LogP contribution in [0.15, 0.2) is 36.4 Å². The van der Waals surface area contributed by atoms with Gasteiger partial charge in [0, 0.05) is 70.0 Å². The lowest BCUT2D eigenvalue weighted by molar-refractivity contribution is -0.143. The van der Waals surface area contributed by atoms with Crippen molar-refractivity contribution in [2.24, 2.45) is 0 Å². The summed E-state index contributed by atoms with van der Waals surface area (Å²) in [5.41, 5.74) is 3.80. The van der Waals surface area contributed by atoms with E-state index in [9.17, 15) is 14.4 Å². The Balaban J connectivity index is 1.00. The van der Waals surface area contributed by atoms with Gasteiger partial charge in [-0.3, -0.25) is 9.69 Å². The predicted molar refractivity (Wildman–Crippen MR) is 182 cm³/mol. The number of amides is 4. The summed E-state index contributed by atoms with van der Waals surface area (Å²) in [4.78, 5) is 48.9. The van der Waals surface area contributed by atoms with E-state index >= 15 is 0 Å².